The third-order valence-electron chi connectivity index (χ3n) is 5.53. The third kappa shape index (κ3) is 4.66. The van der Waals surface area contributed by atoms with Crippen molar-refractivity contribution in [2.75, 3.05) is 4.90 Å². The number of hydrogen-bond donors (Lipinski definition) is 3. The van der Waals surface area contributed by atoms with E-state index in [1.807, 2.05) is 46.8 Å². The molecule has 0 amide bonds. The molecule has 1 aromatic carbocycles. The molecule has 7 heteroatoms. The molecule has 0 saturated carbocycles. The summed E-state index contributed by atoms with van der Waals surface area (Å²) in [7, 11) is 0. The minimum absolute atomic E-state index is 0.0707. The molecule has 0 saturated heterocycles. The number of fused-ring (bicyclic) bond motifs is 1. The maximum Gasteiger partial charge on any atom is 0.308 e. The number of carbonyl (C=O) groups excluding carboxylic acids is 1. The Morgan fingerprint density at radius 3 is 2.38 bits per heavy atom. The lowest BCUT2D eigenvalue weighted by molar-refractivity contribution is -0.154. The van der Waals surface area contributed by atoms with E-state index in [0.717, 1.165) is 28.8 Å². The smallest absolute Gasteiger partial charge is 0.308 e. The van der Waals surface area contributed by atoms with Crippen LogP contribution in [0.5, 0.6) is 0 Å². The molecule has 7 nitrogen and oxygen atoms in total. The molecule has 0 fully saturated rings. The number of aromatic nitrogens is 1. The standard InChI is InChI=1S/C25H33N5O2/c1-8-17-9-11-18(12-10-17)22-21-14(2)15(3)28-24(21)30(16(4)26)23(27)19(29-22)13-20(31)32-25(5,6)7/h9-12,19,26-28H,8,13H2,1-7H3/t19-/m0/s1. The van der Waals surface area contributed by atoms with Crippen molar-refractivity contribution in [3.63, 3.8) is 0 Å². The Kier molecular flexibility index (Phi) is 6.39. The van der Waals surface area contributed by atoms with E-state index in [0.29, 0.717) is 11.5 Å². The number of carbonyl (C=O) groups is 1. The Balaban J connectivity index is 2.19. The van der Waals surface area contributed by atoms with Gasteiger partial charge in [-0.25, -0.2) is 0 Å². The van der Waals surface area contributed by atoms with Gasteiger partial charge in [-0.3, -0.25) is 25.5 Å². The number of benzene rings is 1. The van der Waals surface area contributed by atoms with E-state index < -0.39 is 17.6 Å². The van der Waals surface area contributed by atoms with Crippen LogP contribution in [0.4, 0.5) is 5.82 Å². The van der Waals surface area contributed by atoms with Gasteiger partial charge in [-0.15, -0.1) is 0 Å². The molecule has 0 aliphatic carbocycles. The van der Waals surface area contributed by atoms with Crippen LogP contribution < -0.4 is 4.90 Å². The summed E-state index contributed by atoms with van der Waals surface area (Å²) in [4.78, 5) is 22.5. The number of ether oxygens (including phenoxy) is 1. The molecule has 1 aliphatic rings. The third-order valence-corrected chi connectivity index (χ3v) is 5.53. The number of nitrogens with zero attached hydrogens (tertiary/aromatic N) is 2. The van der Waals surface area contributed by atoms with Crippen LogP contribution in [-0.4, -0.2) is 40.0 Å². The number of rotatable bonds is 4. The summed E-state index contributed by atoms with van der Waals surface area (Å²) >= 11 is 0. The van der Waals surface area contributed by atoms with E-state index in [1.165, 1.54) is 5.56 Å². The van der Waals surface area contributed by atoms with Gasteiger partial charge >= 0.3 is 5.97 Å². The fourth-order valence-corrected chi connectivity index (χ4v) is 3.86. The Morgan fingerprint density at radius 1 is 1.22 bits per heavy atom. The first-order chi connectivity index (χ1) is 14.9. The number of esters is 1. The number of aryl methyl sites for hydroxylation is 2. The summed E-state index contributed by atoms with van der Waals surface area (Å²) < 4.78 is 5.51. The highest BCUT2D eigenvalue weighted by atomic mass is 16.6. The number of hydrogen-bond acceptors (Lipinski definition) is 5. The van der Waals surface area contributed by atoms with Crippen molar-refractivity contribution in [3.8, 4) is 0 Å². The van der Waals surface area contributed by atoms with Gasteiger partial charge in [0.25, 0.3) is 0 Å². The minimum atomic E-state index is -0.772. The second-order valence-electron chi connectivity index (χ2n) is 9.24. The fourth-order valence-electron chi connectivity index (χ4n) is 3.86. The van der Waals surface area contributed by atoms with Crippen LogP contribution in [-0.2, 0) is 16.0 Å². The lowest BCUT2D eigenvalue weighted by atomic mass is 9.98. The summed E-state index contributed by atoms with van der Waals surface area (Å²) in [5.74, 6) is 0.482. The molecule has 0 spiro atoms. The van der Waals surface area contributed by atoms with Crippen LogP contribution >= 0.6 is 0 Å². The SMILES string of the molecule is CCc1ccc(C2=N[C@@H](CC(=O)OC(C)(C)C)C(=N)N(C(C)=N)c3[nH]c(C)c(C)c32)cc1. The van der Waals surface area contributed by atoms with E-state index in [4.69, 9.17) is 20.5 Å². The molecule has 1 atom stereocenters. The summed E-state index contributed by atoms with van der Waals surface area (Å²) in [5.41, 5.74) is 5.05. The first-order valence-corrected chi connectivity index (χ1v) is 10.9. The monoisotopic (exact) mass is 435 g/mol. The van der Waals surface area contributed by atoms with Gasteiger partial charge in [0.2, 0.25) is 0 Å². The van der Waals surface area contributed by atoms with Gasteiger partial charge in [-0.1, -0.05) is 31.2 Å². The zero-order valence-electron chi connectivity index (χ0n) is 20.0. The maximum atomic E-state index is 12.7. The van der Waals surface area contributed by atoms with Crippen LogP contribution in [0, 0.1) is 24.7 Å². The quantitative estimate of drug-likeness (QED) is 0.360. The molecular weight excluding hydrogens is 402 g/mol. The van der Waals surface area contributed by atoms with Gasteiger partial charge in [0, 0.05) is 16.8 Å². The van der Waals surface area contributed by atoms with Gasteiger partial charge in [-0.2, -0.15) is 0 Å². The van der Waals surface area contributed by atoms with Crippen LogP contribution in [0.3, 0.4) is 0 Å². The minimum Gasteiger partial charge on any atom is -0.460 e. The van der Waals surface area contributed by atoms with Crippen molar-refractivity contribution >= 4 is 29.2 Å². The zero-order valence-corrected chi connectivity index (χ0v) is 20.0. The zero-order chi connectivity index (χ0) is 23.8. The fraction of sp³-hybridized carbons (Fsp3) is 0.440. The second-order valence-corrected chi connectivity index (χ2v) is 9.24. The van der Waals surface area contributed by atoms with Crippen molar-refractivity contribution in [2.24, 2.45) is 4.99 Å². The van der Waals surface area contributed by atoms with E-state index in [2.05, 4.69) is 24.0 Å². The van der Waals surface area contributed by atoms with Gasteiger partial charge in [-0.05, 0) is 59.1 Å². The number of aromatic amines is 1. The molecule has 0 unspecified atom stereocenters. The summed E-state index contributed by atoms with van der Waals surface area (Å²) in [5, 5.41) is 17.2. The summed E-state index contributed by atoms with van der Waals surface area (Å²) in [6, 6.07) is 7.44. The Hall–Kier alpha value is -3.22. The molecular formula is C25H33N5O2. The number of amidine groups is 2. The maximum absolute atomic E-state index is 12.7. The number of nitrogens with one attached hydrogen (secondary N) is 3. The lowest BCUT2D eigenvalue weighted by Gasteiger charge is -2.26. The van der Waals surface area contributed by atoms with Crippen molar-refractivity contribution in [2.45, 2.75) is 73.0 Å². The van der Waals surface area contributed by atoms with E-state index >= 15 is 0 Å². The van der Waals surface area contributed by atoms with Crippen molar-refractivity contribution in [1.29, 1.82) is 10.8 Å². The number of anilines is 1. The Bertz CT molecular complexity index is 1090. The van der Waals surface area contributed by atoms with Crippen molar-refractivity contribution < 1.29 is 9.53 Å². The number of aliphatic imine (C=N–C) groups is 1. The highest BCUT2D eigenvalue weighted by molar-refractivity contribution is 6.27. The molecule has 3 N–H and O–H groups in total. The van der Waals surface area contributed by atoms with Gasteiger partial charge in [0.05, 0.1) is 12.1 Å². The molecule has 32 heavy (non-hydrogen) atoms. The van der Waals surface area contributed by atoms with E-state index in [9.17, 15) is 4.79 Å². The van der Waals surface area contributed by atoms with Crippen LogP contribution in [0.15, 0.2) is 29.3 Å². The van der Waals surface area contributed by atoms with Gasteiger partial charge in [0.1, 0.15) is 29.1 Å². The first-order valence-electron chi connectivity index (χ1n) is 10.9. The van der Waals surface area contributed by atoms with Crippen molar-refractivity contribution in [1.82, 2.24) is 4.98 Å². The van der Waals surface area contributed by atoms with Crippen molar-refractivity contribution in [3.05, 3.63) is 52.2 Å². The first kappa shape index (κ1) is 23.4. The highest BCUT2D eigenvalue weighted by Gasteiger charge is 2.35. The summed E-state index contributed by atoms with van der Waals surface area (Å²) in [6.07, 6.45) is 0.867. The molecule has 170 valence electrons. The Morgan fingerprint density at radius 2 is 1.84 bits per heavy atom. The number of H-pyrrole nitrogens is 1. The highest BCUT2D eigenvalue weighted by Crippen LogP contribution is 2.33. The topological polar surface area (TPSA) is 105 Å². The Labute approximate surface area is 189 Å². The normalized spacial score (nSPS) is 16.3. The molecule has 1 aromatic heterocycles. The van der Waals surface area contributed by atoms with Gasteiger partial charge in [0.15, 0.2) is 0 Å². The molecule has 2 heterocycles. The molecule has 0 bridgehead atoms. The average Bonchev–Trinajstić information content (AvgIpc) is 2.91. The van der Waals surface area contributed by atoms with Crippen LogP contribution in [0.1, 0.15) is 69.0 Å². The van der Waals surface area contributed by atoms with Crippen LogP contribution in [0.25, 0.3) is 0 Å². The molecule has 0 radical (unpaired) electrons. The molecule has 3 rings (SSSR count). The van der Waals surface area contributed by atoms with E-state index in [-0.39, 0.29) is 18.1 Å². The lowest BCUT2D eigenvalue weighted by Crippen LogP contribution is -2.42. The van der Waals surface area contributed by atoms with E-state index in [1.54, 1.807) is 11.8 Å². The summed E-state index contributed by atoms with van der Waals surface area (Å²) in [6.45, 7) is 13.2. The molecule has 2 aromatic rings. The van der Waals surface area contributed by atoms with Crippen LogP contribution in [0.2, 0.25) is 0 Å². The largest absolute Gasteiger partial charge is 0.460 e. The second kappa shape index (κ2) is 8.73. The predicted octanol–water partition coefficient (Wildman–Crippen LogP) is 4.93. The average molecular weight is 436 g/mol. The van der Waals surface area contributed by atoms with Gasteiger partial charge < -0.3 is 9.72 Å². The predicted molar refractivity (Wildman–Crippen MR) is 130 cm³/mol. The molecule has 1 aliphatic heterocycles.